The number of aromatic nitrogens is 3. The van der Waals surface area contributed by atoms with Gasteiger partial charge in [0.2, 0.25) is 5.91 Å². The minimum atomic E-state index is -0.168. The van der Waals surface area contributed by atoms with Gasteiger partial charge in [-0.05, 0) is 34.5 Å². The van der Waals surface area contributed by atoms with Gasteiger partial charge < -0.3 is 11.1 Å². The third-order valence-corrected chi connectivity index (χ3v) is 3.52. The quantitative estimate of drug-likeness (QED) is 0.874. The number of hydrogen-bond donors (Lipinski definition) is 2. The molecule has 0 saturated heterocycles. The molecule has 0 radical (unpaired) electrons. The van der Waals surface area contributed by atoms with Gasteiger partial charge in [-0.2, -0.15) is 0 Å². The van der Waals surface area contributed by atoms with E-state index >= 15 is 0 Å². The lowest BCUT2D eigenvalue weighted by Crippen LogP contribution is -2.19. The molecule has 0 bridgehead atoms. The van der Waals surface area contributed by atoms with Crippen LogP contribution in [-0.4, -0.2) is 20.9 Å². The van der Waals surface area contributed by atoms with E-state index in [1.54, 1.807) is 6.20 Å². The molecule has 106 valence electrons. The zero-order valence-electron chi connectivity index (χ0n) is 11.1. The summed E-state index contributed by atoms with van der Waals surface area (Å²) in [7, 11) is 0. The highest BCUT2D eigenvalue weighted by atomic mass is 79.9. The number of rotatable bonds is 5. The summed E-state index contributed by atoms with van der Waals surface area (Å²) in [5, 5.41) is 10.7. The maximum atomic E-state index is 11.9. The molecule has 1 atom stereocenters. The molecule has 2 rings (SSSR count). The second-order valence-corrected chi connectivity index (χ2v) is 5.24. The van der Waals surface area contributed by atoms with Crippen molar-refractivity contribution in [2.75, 3.05) is 5.32 Å². The van der Waals surface area contributed by atoms with Crippen LogP contribution in [0.4, 0.5) is 5.69 Å². The van der Waals surface area contributed by atoms with E-state index in [-0.39, 0.29) is 18.5 Å². The number of hydrogen-bond acceptors (Lipinski definition) is 4. The smallest absolute Gasteiger partial charge is 0.246 e. The third kappa shape index (κ3) is 3.64. The highest BCUT2D eigenvalue weighted by molar-refractivity contribution is 9.10. The SMILES string of the molecule is CCC(N)c1cn(CC(=O)Nc2ccccc2Br)nn1. The molecule has 6 nitrogen and oxygen atoms in total. The highest BCUT2D eigenvalue weighted by Crippen LogP contribution is 2.21. The monoisotopic (exact) mass is 337 g/mol. The lowest BCUT2D eigenvalue weighted by Gasteiger charge is -2.06. The lowest BCUT2D eigenvalue weighted by atomic mass is 10.2. The number of nitrogens with one attached hydrogen (secondary N) is 1. The van der Waals surface area contributed by atoms with E-state index in [9.17, 15) is 4.79 Å². The first-order valence-corrected chi connectivity index (χ1v) is 7.09. The minimum absolute atomic E-state index is 0.102. The molecule has 1 unspecified atom stereocenters. The van der Waals surface area contributed by atoms with Crippen molar-refractivity contribution in [3.8, 4) is 0 Å². The van der Waals surface area contributed by atoms with E-state index in [0.29, 0.717) is 5.69 Å². The van der Waals surface area contributed by atoms with Gasteiger partial charge in [-0.1, -0.05) is 24.3 Å². The van der Waals surface area contributed by atoms with Crippen molar-refractivity contribution in [1.29, 1.82) is 0 Å². The summed E-state index contributed by atoms with van der Waals surface area (Å²) < 4.78 is 2.32. The van der Waals surface area contributed by atoms with Crippen LogP contribution in [0.15, 0.2) is 34.9 Å². The number of nitrogens with zero attached hydrogens (tertiary/aromatic N) is 3. The number of amides is 1. The van der Waals surface area contributed by atoms with Crippen LogP contribution in [-0.2, 0) is 11.3 Å². The van der Waals surface area contributed by atoms with Crippen LogP contribution in [0.5, 0.6) is 0 Å². The zero-order valence-corrected chi connectivity index (χ0v) is 12.7. The summed E-state index contributed by atoms with van der Waals surface area (Å²) in [5.74, 6) is -0.168. The molecule has 0 spiro atoms. The number of halogens is 1. The van der Waals surface area contributed by atoms with Crippen LogP contribution in [0, 0.1) is 0 Å². The Kier molecular flexibility index (Phi) is 4.86. The van der Waals surface area contributed by atoms with Crippen molar-refractivity contribution in [2.45, 2.75) is 25.9 Å². The Morgan fingerprint density at radius 3 is 2.95 bits per heavy atom. The van der Waals surface area contributed by atoms with E-state index < -0.39 is 0 Å². The average molecular weight is 338 g/mol. The van der Waals surface area contributed by atoms with Crippen LogP contribution < -0.4 is 11.1 Å². The molecule has 0 aliphatic heterocycles. The maximum Gasteiger partial charge on any atom is 0.246 e. The average Bonchev–Trinajstić information content (AvgIpc) is 2.89. The van der Waals surface area contributed by atoms with Gasteiger partial charge in [0.15, 0.2) is 0 Å². The Labute approximate surface area is 125 Å². The first-order chi connectivity index (χ1) is 9.60. The van der Waals surface area contributed by atoms with Gasteiger partial charge >= 0.3 is 0 Å². The fraction of sp³-hybridized carbons (Fsp3) is 0.308. The largest absolute Gasteiger partial charge is 0.323 e. The number of para-hydroxylation sites is 1. The predicted octanol–water partition coefficient (Wildman–Crippen LogP) is 2.09. The van der Waals surface area contributed by atoms with Crippen LogP contribution in [0.25, 0.3) is 0 Å². The summed E-state index contributed by atoms with van der Waals surface area (Å²) in [6, 6.07) is 7.28. The number of carbonyl (C=O) groups is 1. The van der Waals surface area contributed by atoms with Crippen LogP contribution in [0.2, 0.25) is 0 Å². The van der Waals surface area contributed by atoms with Gasteiger partial charge in [0.1, 0.15) is 6.54 Å². The lowest BCUT2D eigenvalue weighted by molar-refractivity contribution is -0.116. The molecule has 7 heteroatoms. The summed E-state index contributed by atoms with van der Waals surface area (Å²) in [5.41, 5.74) is 7.28. The van der Waals surface area contributed by atoms with Gasteiger partial charge in [-0.25, -0.2) is 4.68 Å². The zero-order chi connectivity index (χ0) is 14.5. The van der Waals surface area contributed by atoms with Crippen molar-refractivity contribution in [3.63, 3.8) is 0 Å². The second kappa shape index (κ2) is 6.62. The molecular formula is C13H16BrN5O. The molecule has 0 aliphatic rings. The molecule has 2 aromatic rings. The number of benzene rings is 1. The van der Waals surface area contributed by atoms with E-state index in [2.05, 4.69) is 31.6 Å². The van der Waals surface area contributed by atoms with E-state index in [1.807, 2.05) is 31.2 Å². The van der Waals surface area contributed by atoms with Gasteiger partial charge in [0.05, 0.1) is 23.6 Å². The molecule has 1 aromatic carbocycles. The Morgan fingerprint density at radius 1 is 1.50 bits per heavy atom. The number of carbonyl (C=O) groups excluding carboxylic acids is 1. The Bertz CT molecular complexity index is 598. The van der Waals surface area contributed by atoms with Crippen LogP contribution in [0.1, 0.15) is 25.1 Å². The second-order valence-electron chi connectivity index (χ2n) is 4.38. The molecule has 1 aromatic heterocycles. The van der Waals surface area contributed by atoms with Gasteiger partial charge in [0.25, 0.3) is 0 Å². The number of nitrogens with two attached hydrogens (primary N) is 1. The highest BCUT2D eigenvalue weighted by Gasteiger charge is 2.11. The van der Waals surface area contributed by atoms with Gasteiger partial charge in [-0.15, -0.1) is 5.10 Å². The minimum Gasteiger partial charge on any atom is -0.323 e. The van der Waals surface area contributed by atoms with Crippen molar-refractivity contribution >= 4 is 27.5 Å². The first-order valence-electron chi connectivity index (χ1n) is 6.30. The van der Waals surface area contributed by atoms with Crippen molar-refractivity contribution < 1.29 is 4.79 Å². The maximum absolute atomic E-state index is 11.9. The predicted molar refractivity (Wildman–Crippen MR) is 80.0 cm³/mol. The third-order valence-electron chi connectivity index (χ3n) is 2.83. The summed E-state index contributed by atoms with van der Waals surface area (Å²) >= 11 is 3.38. The molecular weight excluding hydrogens is 322 g/mol. The molecule has 3 N–H and O–H groups in total. The van der Waals surface area contributed by atoms with E-state index in [4.69, 9.17) is 5.73 Å². The van der Waals surface area contributed by atoms with Gasteiger partial charge in [-0.3, -0.25) is 4.79 Å². The summed E-state index contributed by atoms with van der Waals surface area (Å²) in [6.07, 6.45) is 2.48. The Hall–Kier alpha value is -1.73. The molecule has 1 heterocycles. The Morgan fingerprint density at radius 2 is 2.25 bits per heavy atom. The van der Waals surface area contributed by atoms with E-state index in [1.165, 1.54) is 4.68 Å². The number of anilines is 1. The molecule has 0 aliphatic carbocycles. The van der Waals surface area contributed by atoms with Crippen molar-refractivity contribution in [1.82, 2.24) is 15.0 Å². The molecule has 0 saturated carbocycles. The standard InChI is InChI=1S/C13H16BrN5O/c1-2-10(15)12-7-19(18-17-12)8-13(20)16-11-6-4-3-5-9(11)14/h3-7,10H,2,8,15H2,1H3,(H,16,20). The summed E-state index contributed by atoms with van der Waals surface area (Å²) in [6.45, 7) is 2.08. The van der Waals surface area contributed by atoms with Crippen molar-refractivity contribution in [2.24, 2.45) is 5.73 Å². The topological polar surface area (TPSA) is 85.8 Å². The van der Waals surface area contributed by atoms with Gasteiger partial charge in [0, 0.05) is 4.47 Å². The molecule has 0 fully saturated rings. The molecule has 20 heavy (non-hydrogen) atoms. The normalized spacial score (nSPS) is 12.2. The first kappa shape index (κ1) is 14.7. The van der Waals surface area contributed by atoms with E-state index in [0.717, 1.165) is 16.6 Å². The fourth-order valence-electron chi connectivity index (χ4n) is 1.67. The van der Waals surface area contributed by atoms with Crippen LogP contribution >= 0.6 is 15.9 Å². The summed E-state index contributed by atoms with van der Waals surface area (Å²) in [4.78, 5) is 11.9. The molecule has 1 amide bonds. The van der Waals surface area contributed by atoms with Crippen molar-refractivity contribution in [3.05, 3.63) is 40.6 Å². The Balaban J connectivity index is 1.98. The van der Waals surface area contributed by atoms with Crippen LogP contribution in [0.3, 0.4) is 0 Å². The fourth-order valence-corrected chi connectivity index (χ4v) is 2.05.